The van der Waals surface area contributed by atoms with Gasteiger partial charge in [0.05, 0.1) is 5.35 Å². The molecule has 0 saturated carbocycles. The summed E-state index contributed by atoms with van der Waals surface area (Å²) < 4.78 is 0. The number of aromatic nitrogens is 1. The average Bonchev–Trinajstić information content (AvgIpc) is 2.49. The number of carbonyl (C=O) groups is 1. The van der Waals surface area contributed by atoms with Gasteiger partial charge in [0, 0.05) is 0 Å². The second kappa shape index (κ2) is 2.44. The molecule has 0 saturated heterocycles. The van der Waals surface area contributed by atoms with Crippen LogP contribution in [0.2, 0.25) is 0 Å². The normalized spacial score (nSPS) is 13.0. The standard InChI is InChI=1S/C9H8N2O/c10-9(12)8-5-4-6-2-1-3-7(6)11-8/h2-5H,1H2,(H2,10,12). The van der Waals surface area contributed by atoms with Gasteiger partial charge in [0.1, 0.15) is 5.69 Å². The van der Waals surface area contributed by atoms with E-state index in [2.05, 4.69) is 11.1 Å². The van der Waals surface area contributed by atoms with Crippen molar-refractivity contribution in [2.75, 3.05) is 0 Å². The first-order valence-electron chi connectivity index (χ1n) is 3.74. The number of nitrogens with zero attached hydrogens (tertiary/aromatic N) is 1. The van der Waals surface area contributed by atoms with Gasteiger partial charge in [-0.25, -0.2) is 4.98 Å². The lowest BCUT2D eigenvalue weighted by Gasteiger charge is -1.91. The summed E-state index contributed by atoms with van der Waals surface area (Å²) in [5.41, 5.74) is 5.42. The zero-order chi connectivity index (χ0) is 8.55. The van der Waals surface area contributed by atoms with Gasteiger partial charge in [-0.05, 0) is 17.7 Å². The minimum Gasteiger partial charge on any atom is -0.364 e. The minimum atomic E-state index is -0.474. The SMILES string of the molecule is NC(=O)c1ccc2c(n1)=CCC=2. The Labute approximate surface area is 69.2 Å². The number of hydrogen-bond acceptors (Lipinski definition) is 2. The highest BCUT2D eigenvalue weighted by Gasteiger charge is 2.02. The molecular weight excluding hydrogens is 152 g/mol. The van der Waals surface area contributed by atoms with Gasteiger partial charge < -0.3 is 5.73 Å². The van der Waals surface area contributed by atoms with Crippen LogP contribution in [0.5, 0.6) is 0 Å². The van der Waals surface area contributed by atoms with Crippen LogP contribution in [0.3, 0.4) is 0 Å². The summed E-state index contributed by atoms with van der Waals surface area (Å²) in [5.74, 6) is -0.474. The highest BCUT2D eigenvalue weighted by Crippen LogP contribution is 1.90. The molecule has 0 radical (unpaired) electrons. The lowest BCUT2D eigenvalue weighted by atomic mass is 10.3. The van der Waals surface area contributed by atoms with E-state index in [1.165, 1.54) is 0 Å². The monoisotopic (exact) mass is 160 g/mol. The van der Waals surface area contributed by atoms with Crippen LogP contribution in [-0.2, 0) is 0 Å². The van der Waals surface area contributed by atoms with Crippen molar-refractivity contribution in [1.82, 2.24) is 4.98 Å². The van der Waals surface area contributed by atoms with Crippen LogP contribution in [0.1, 0.15) is 16.9 Å². The van der Waals surface area contributed by atoms with Gasteiger partial charge in [-0.15, -0.1) is 0 Å². The fourth-order valence-corrected chi connectivity index (χ4v) is 1.26. The van der Waals surface area contributed by atoms with Crippen molar-refractivity contribution < 1.29 is 4.79 Å². The Bertz CT molecular complexity index is 448. The van der Waals surface area contributed by atoms with Crippen molar-refractivity contribution in [1.29, 1.82) is 0 Å². The van der Waals surface area contributed by atoms with E-state index in [1.54, 1.807) is 6.07 Å². The molecule has 1 aromatic rings. The molecule has 0 aliphatic heterocycles. The van der Waals surface area contributed by atoms with E-state index in [4.69, 9.17) is 5.73 Å². The smallest absolute Gasteiger partial charge is 0.267 e. The number of rotatable bonds is 1. The molecule has 1 heterocycles. The Kier molecular flexibility index (Phi) is 1.43. The molecule has 0 spiro atoms. The predicted molar refractivity (Wildman–Crippen MR) is 45.6 cm³/mol. The Morgan fingerprint density at radius 1 is 1.42 bits per heavy atom. The Morgan fingerprint density at radius 3 is 3.00 bits per heavy atom. The number of hydrogen-bond donors (Lipinski definition) is 1. The van der Waals surface area contributed by atoms with Crippen LogP contribution >= 0.6 is 0 Å². The number of fused-ring (bicyclic) bond motifs is 1. The molecule has 0 atom stereocenters. The second-order valence-corrected chi connectivity index (χ2v) is 2.68. The van der Waals surface area contributed by atoms with Crippen LogP contribution < -0.4 is 16.3 Å². The van der Waals surface area contributed by atoms with Gasteiger partial charge in [-0.1, -0.05) is 18.2 Å². The summed E-state index contributed by atoms with van der Waals surface area (Å²) >= 11 is 0. The number of primary amides is 1. The zero-order valence-electron chi connectivity index (χ0n) is 6.45. The maximum atomic E-state index is 10.7. The molecule has 1 aromatic heterocycles. The third-order valence-corrected chi connectivity index (χ3v) is 1.86. The van der Waals surface area contributed by atoms with Crippen LogP contribution in [0.4, 0.5) is 0 Å². The summed E-state index contributed by atoms with van der Waals surface area (Å²) in [6.45, 7) is 0. The first kappa shape index (κ1) is 7.03. The molecular formula is C9H8N2O. The van der Waals surface area contributed by atoms with Crippen LogP contribution in [0.15, 0.2) is 12.1 Å². The third-order valence-electron chi connectivity index (χ3n) is 1.86. The fourth-order valence-electron chi connectivity index (χ4n) is 1.26. The van der Waals surface area contributed by atoms with Gasteiger partial charge in [-0.2, -0.15) is 0 Å². The highest BCUT2D eigenvalue weighted by atomic mass is 16.1. The maximum Gasteiger partial charge on any atom is 0.267 e. The van der Waals surface area contributed by atoms with Crippen molar-refractivity contribution in [2.24, 2.45) is 5.73 Å². The Morgan fingerprint density at radius 2 is 2.25 bits per heavy atom. The van der Waals surface area contributed by atoms with E-state index in [1.807, 2.05) is 12.1 Å². The highest BCUT2D eigenvalue weighted by molar-refractivity contribution is 5.90. The summed E-state index contributed by atoms with van der Waals surface area (Å²) in [5, 5.41) is 1.95. The molecule has 1 amide bonds. The summed E-state index contributed by atoms with van der Waals surface area (Å²) in [7, 11) is 0. The van der Waals surface area contributed by atoms with Crippen LogP contribution in [0.25, 0.3) is 12.2 Å². The van der Waals surface area contributed by atoms with Gasteiger partial charge in [0.15, 0.2) is 0 Å². The molecule has 0 fully saturated rings. The zero-order valence-corrected chi connectivity index (χ0v) is 6.45. The molecule has 2 rings (SSSR count). The van der Waals surface area contributed by atoms with E-state index < -0.39 is 5.91 Å². The average molecular weight is 160 g/mol. The van der Waals surface area contributed by atoms with Crippen LogP contribution in [-0.4, -0.2) is 10.9 Å². The number of carbonyl (C=O) groups excluding carboxylic acids is 1. The summed E-state index contributed by atoms with van der Waals surface area (Å²) in [6.07, 6.45) is 4.93. The van der Waals surface area contributed by atoms with Crippen molar-refractivity contribution in [3.05, 3.63) is 28.4 Å². The van der Waals surface area contributed by atoms with Crippen molar-refractivity contribution >= 4 is 18.1 Å². The van der Waals surface area contributed by atoms with E-state index in [9.17, 15) is 4.79 Å². The van der Waals surface area contributed by atoms with Gasteiger partial charge in [0.25, 0.3) is 5.91 Å². The molecule has 3 heteroatoms. The molecule has 0 aromatic carbocycles. The molecule has 3 nitrogen and oxygen atoms in total. The lowest BCUT2D eigenvalue weighted by Crippen LogP contribution is -2.28. The topological polar surface area (TPSA) is 56.0 Å². The third kappa shape index (κ3) is 0.993. The van der Waals surface area contributed by atoms with Gasteiger partial charge in [-0.3, -0.25) is 4.79 Å². The molecule has 1 aliphatic rings. The Hall–Kier alpha value is -1.64. The van der Waals surface area contributed by atoms with Crippen molar-refractivity contribution in [2.45, 2.75) is 6.42 Å². The summed E-state index contributed by atoms with van der Waals surface area (Å²) in [4.78, 5) is 14.8. The first-order chi connectivity index (χ1) is 5.77. The lowest BCUT2D eigenvalue weighted by molar-refractivity contribution is 0.0995. The van der Waals surface area contributed by atoms with Gasteiger partial charge in [0.2, 0.25) is 0 Å². The summed E-state index contributed by atoms with van der Waals surface area (Å²) in [6, 6.07) is 3.52. The minimum absolute atomic E-state index is 0.334. The molecule has 2 N–H and O–H groups in total. The Balaban J connectivity index is 2.69. The molecule has 0 unspecified atom stereocenters. The molecule has 1 aliphatic carbocycles. The second-order valence-electron chi connectivity index (χ2n) is 2.68. The van der Waals surface area contributed by atoms with Crippen molar-refractivity contribution in [3.63, 3.8) is 0 Å². The number of pyridine rings is 1. The predicted octanol–water partition coefficient (Wildman–Crippen LogP) is -0.855. The van der Waals surface area contributed by atoms with Gasteiger partial charge >= 0.3 is 0 Å². The van der Waals surface area contributed by atoms with E-state index in [-0.39, 0.29) is 0 Å². The van der Waals surface area contributed by atoms with E-state index in [0.29, 0.717) is 5.69 Å². The maximum absolute atomic E-state index is 10.7. The van der Waals surface area contributed by atoms with E-state index >= 15 is 0 Å². The fraction of sp³-hybridized carbons (Fsp3) is 0.111. The first-order valence-corrected chi connectivity index (χ1v) is 3.74. The quantitative estimate of drug-likeness (QED) is 0.581. The van der Waals surface area contributed by atoms with Crippen LogP contribution in [0, 0.1) is 0 Å². The molecule has 12 heavy (non-hydrogen) atoms. The van der Waals surface area contributed by atoms with E-state index in [0.717, 1.165) is 17.0 Å². The molecule has 0 bridgehead atoms. The molecule has 60 valence electrons. The van der Waals surface area contributed by atoms with Crippen molar-refractivity contribution in [3.8, 4) is 0 Å². The number of amides is 1. The number of nitrogens with two attached hydrogens (primary N) is 1. The largest absolute Gasteiger partial charge is 0.364 e.